The average molecular weight is 368 g/mol. The molecule has 0 atom stereocenters. The van der Waals surface area contributed by atoms with Gasteiger partial charge in [0.2, 0.25) is 0 Å². The molecule has 0 aromatic carbocycles. The van der Waals surface area contributed by atoms with Crippen LogP contribution in [0.4, 0.5) is 0 Å². The first-order valence-corrected chi connectivity index (χ1v) is 9.39. The highest BCUT2D eigenvalue weighted by molar-refractivity contribution is 7.09. The zero-order valence-electron chi connectivity index (χ0n) is 14.8. The summed E-state index contributed by atoms with van der Waals surface area (Å²) in [5.74, 6) is 0.900. The van der Waals surface area contributed by atoms with Crippen LogP contribution in [0.15, 0.2) is 22.6 Å². The van der Waals surface area contributed by atoms with Gasteiger partial charge in [0.1, 0.15) is 0 Å². The van der Waals surface area contributed by atoms with Gasteiger partial charge >= 0.3 is 0 Å². The van der Waals surface area contributed by atoms with Gasteiger partial charge in [0.25, 0.3) is 0 Å². The summed E-state index contributed by atoms with van der Waals surface area (Å²) in [5.41, 5.74) is 2.28. The van der Waals surface area contributed by atoms with Crippen LogP contribution in [0.2, 0.25) is 5.02 Å². The van der Waals surface area contributed by atoms with Gasteiger partial charge in [-0.2, -0.15) is 0 Å². The topological polar surface area (TPSA) is 45.5 Å². The second-order valence-electron chi connectivity index (χ2n) is 5.93. The predicted octanol–water partition coefficient (Wildman–Crippen LogP) is 3.47. The number of halogens is 1. The Labute approximate surface area is 153 Å². The van der Waals surface area contributed by atoms with Crippen LogP contribution in [0.25, 0.3) is 0 Å². The van der Waals surface area contributed by atoms with Crippen LogP contribution >= 0.6 is 22.9 Å². The van der Waals surface area contributed by atoms with Crippen molar-refractivity contribution in [2.24, 2.45) is 12.0 Å². The van der Waals surface area contributed by atoms with Crippen molar-refractivity contribution in [1.29, 1.82) is 0 Å². The van der Waals surface area contributed by atoms with Gasteiger partial charge in [0.05, 0.1) is 16.6 Å². The maximum atomic E-state index is 6.04. The molecule has 132 valence electrons. The van der Waals surface area contributed by atoms with Gasteiger partial charge in [-0.05, 0) is 32.3 Å². The minimum Gasteiger partial charge on any atom is -0.356 e. The number of rotatable bonds is 7. The molecule has 0 bridgehead atoms. The minimum atomic E-state index is 0.765. The zero-order chi connectivity index (χ0) is 17.5. The lowest BCUT2D eigenvalue weighted by Gasteiger charge is -2.22. The molecule has 0 spiro atoms. The number of hydrogen-bond acceptors (Lipinski definition) is 3. The first-order valence-electron chi connectivity index (χ1n) is 8.13. The maximum Gasteiger partial charge on any atom is 0.193 e. The third-order valence-electron chi connectivity index (χ3n) is 3.81. The van der Waals surface area contributed by atoms with Gasteiger partial charge in [0, 0.05) is 50.7 Å². The Hall–Kier alpha value is -1.53. The van der Waals surface area contributed by atoms with Gasteiger partial charge in [-0.25, -0.2) is 4.98 Å². The van der Waals surface area contributed by atoms with E-state index in [-0.39, 0.29) is 0 Å². The normalized spacial score (nSPS) is 11.8. The van der Waals surface area contributed by atoms with Crippen molar-refractivity contribution in [1.82, 2.24) is 19.8 Å². The molecule has 0 radical (unpaired) electrons. The average Bonchev–Trinajstić information content (AvgIpc) is 3.08. The highest BCUT2D eigenvalue weighted by atomic mass is 35.5. The van der Waals surface area contributed by atoms with E-state index in [2.05, 4.69) is 25.6 Å². The number of nitrogens with one attached hydrogen (secondary N) is 1. The summed E-state index contributed by atoms with van der Waals surface area (Å²) in [4.78, 5) is 11.0. The van der Waals surface area contributed by atoms with Crippen molar-refractivity contribution < 1.29 is 0 Å². The lowest BCUT2D eigenvalue weighted by Crippen LogP contribution is -2.39. The number of hydrogen-bond donors (Lipinski definition) is 1. The fourth-order valence-electron chi connectivity index (χ4n) is 2.54. The van der Waals surface area contributed by atoms with E-state index in [0.717, 1.165) is 54.7 Å². The molecule has 2 heterocycles. The molecular formula is C17H26ClN5S. The molecule has 0 saturated heterocycles. The molecule has 0 aliphatic rings. The smallest absolute Gasteiger partial charge is 0.193 e. The Morgan fingerprint density at radius 2 is 2.25 bits per heavy atom. The van der Waals surface area contributed by atoms with Crippen LogP contribution in [0.3, 0.4) is 0 Å². The van der Waals surface area contributed by atoms with E-state index < -0.39 is 0 Å². The van der Waals surface area contributed by atoms with Crippen molar-refractivity contribution >= 4 is 28.9 Å². The lowest BCUT2D eigenvalue weighted by molar-refractivity contribution is 0.460. The second-order valence-corrected chi connectivity index (χ2v) is 7.31. The minimum absolute atomic E-state index is 0.765. The van der Waals surface area contributed by atoms with Gasteiger partial charge in [-0.15, -0.1) is 11.3 Å². The maximum absolute atomic E-state index is 6.04. The van der Waals surface area contributed by atoms with Crippen LogP contribution in [0.1, 0.15) is 29.2 Å². The van der Waals surface area contributed by atoms with E-state index in [1.54, 1.807) is 11.3 Å². The lowest BCUT2D eigenvalue weighted by atomic mass is 10.2. The third kappa shape index (κ3) is 5.53. The van der Waals surface area contributed by atoms with Gasteiger partial charge in [-0.1, -0.05) is 11.6 Å². The standard InChI is InChI=1S/C17H26ClN5S/c1-13-12-24-16(21-13)7-5-6-8-20-17(19-2)23(4)11-15-9-14(18)10-22(15)3/h9-10,12H,5-8,11H2,1-4H3,(H,19,20). The predicted molar refractivity (Wildman–Crippen MR) is 103 cm³/mol. The number of aliphatic imine (C=N–C) groups is 1. The zero-order valence-corrected chi connectivity index (χ0v) is 16.4. The van der Waals surface area contributed by atoms with Gasteiger partial charge in [-0.3, -0.25) is 4.99 Å². The van der Waals surface area contributed by atoms with E-state index in [4.69, 9.17) is 11.6 Å². The Morgan fingerprint density at radius 1 is 1.46 bits per heavy atom. The van der Waals surface area contributed by atoms with E-state index >= 15 is 0 Å². The highest BCUT2D eigenvalue weighted by Crippen LogP contribution is 2.14. The van der Waals surface area contributed by atoms with E-state index in [9.17, 15) is 0 Å². The highest BCUT2D eigenvalue weighted by Gasteiger charge is 2.09. The number of thiazole rings is 1. The number of aryl methyl sites for hydroxylation is 3. The van der Waals surface area contributed by atoms with Crippen LogP contribution in [-0.4, -0.2) is 41.1 Å². The first kappa shape index (κ1) is 18.8. The number of guanidine groups is 1. The fourth-order valence-corrected chi connectivity index (χ4v) is 3.64. The molecule has 2 aromatic heterocycles. The molecule has 0 amide bonds. The van der Waals surface area contributed by atoms with Gasteiger partial charge in [0.15, 0.2) is 5.96 Å². The second kappa shape index (κ2) is 9.08. The van der Waals surface area contributed by atoms with E-state index in [0.29, 0.717) is 0 Å². The first-order chi connectivity index (χ1) is 11.5. The molecule has 0 aliphatic carbocycles. The number of aromatic nitrogens is 2. The molecule has 7 heteroatoms. The SMILES string of the molecule is CN=C(NCCCCc1nc(C)cs1)N(C)Cc1cc(Cl)cn1C. The summed E-state index contributed by atoms with van der Waals surface area (Å²) in [6.07, 6.45) is 5.20. The molecule has 2 rings (SSSR count). The fraction of sp³-hybridized carbons (Fsp3) is 0.529. The molecule has 0 unspecified atom stereocenters. The largest absolute Gasteiger partial charge is 0.356 e. The van der Waals surface area contributed by atoms with Crippen LogP contribution < -0.4 is 5.32 Å². The van der Waals surface area contributed by atoms with Crippen LogP contribution in [-0.2, 0) is 20.0 Å². The van der Waals surface area contributed by atoms with Crippen molar-refractivity contribution in [3.8, 4) is 0 Å². The number of unbranched alkanes of at least 4 members (excludes halogenated alkanes) is 1. The van der Waals surface area contributed by atoms with E-state index in [1.165, 1.54) is 5.01 Å². The van der Waals surface area contributed by atoms with Crippen molar-refractivity contribution in [2.75, 3.05) is 20.6 Å². The summed E-state index contributed by atoms with van der Waals surface area (Å²) in [6.45, 7) is 3.72. The summed E-state index contributed by atoms with van der Waals surface area (Å²) in [5, 5.41) is 7.53. The molecule has 0 fully saturated rings. The molecule has 24 heavy (non-hydrogen) atoms. The molecular weight excluding hydrogens is 342 g/mol. The Morgan fingerprint density at radius 3 is 2.83 bits per heavy atom. The third-order valence-corrected chi connectivity index (χ3v) is 5.05. The molecule has 0 aliphatic heterocycles. The summed E-state index contributed by atoms with van der Waals surface area (Å²) in [7, 11) is 5.86. The summed E-state index contributed by atoms with van der Waals surface area (Å²) in [6, 6.07) is 1.99. The molecule has 1 N–H and O–H groups in total. The summed E-state index contributed by atoms with van der Waals surface area (Å²) >= 11 is 7.79. The monoisotopic (exact) mass is 367 g/mol. The van der Waals surface area contributed by atoms with E-state index in [1.807, 2.05) is 44.9 Å². The van der Waals surface area contributed by atoms with Crippen molar-refractivity contribution in [3.05, 3.63) is 39.1 Å². The molecule has 0 saturated carbocycles. The van der Waals surface area contributed by atoms with Crippen molar-refractivity contribution in [3.63, 3.8) is 0 Å². The number of nitrogens with zero attached hydrogens (tertiary/aromatic N) is 4. The van der Waals surface area contributed by atoms with Crippen LogP contribution in [0, 0.1) is 6.92 Å². The van der Waals surface area contributed by atoms with Crippen LogP contribution in [0.5, 0.6) is 0 Å². The quantitative estimate of drug-likeness (QED) is 0.463. The Balaban J connectivity index is 1.72. The molecule has 5 nitrogen and oxygen atoms in total. The molecule has 2 aromatic rings. The van der Waals surface area contributed by atoms with Crippen molar-refractivity contribution in [2.45, 2.75) is 32.7 Å². The summed E-state index contributed by atoms with van der Waals surface area (Å²) < 4.78 is 2.04. The Bertz CT molecular complexity index is 676. The Kier molecular flexibility index (Phi) is 7.12. The van der Waals surface area contributed by atoms with Gasteiger partial charge < -0.3 is 14.8 Å².